The van der Waals surface area contributed by atoms with Crippen molar-refractivity contribution >= 4 is 37.1 Å². The molecule has 23 heavy (non-hydrogen) atoms. The predicted molar refractivity (Wildman–Crippen MR) is 100 cm³/mol. The van der Waals surface area contributed by atoms with Crippen LogP contribution in [0, 0.1) is 0 Å². The highest BCUT2D eigenvalue weighted by Crippen LogP contribution is 2.66. The number of rotatable bonds is 10. The van der Waals surface area contributed by atoms with E-state index in [9.17, 15) is 0 Å². The Kier molecular flexibility index (Phi) is 13.7. The standard InChI is InChI=1S/C8H20O5P2S2.C5H5N/c1-5-9-14(16,10-6-2)13-15(17,11-7-3)12-8-4;1-2-4-6-5-3-1/h5-8H2,1-4H3;1-5H. The average molecular weight is 401 g/mol. The topological polar surface area (TPSA) is 59.0 Å². The first kappa shape index (κ1) is 23.2. The molecule has 0 amide bonds. The van der Waals surface area contributed by atoms with Crippen molar-refractivity contribution in [2.45, 2.75) is 27.7 Å². The Labute approximate surface area is 149 Å². The highest BCUT2D eigenvalue weighted by Gasteiger charge is 2.31. The minimum atomic E-state index is -2.87. The predicted octanol–water partition coefficient (Wildman–Crippen LogP) is 4.68. The summed E-state index contributed by atoms with van der Waals surface area (Å²) in [5, 5.41) is 0. The molecule has 0 fully saturated rings. The fraction of sp³-hybridized carbons (Fsp3) is 0.615. The van der Waals surface area contributed by atoms with Gasteiger partial charge in [-0.2, -0.15) is 0 Å². The van der Waals surface area contributed by atoms with E-state index in [-0.39, 0.29) is 0 Å². The van der Waals surface area contributed by atoms with E-state index in [4.69, 9.17) is 46.0 Å². The lowest BCUT2D eigenvalue weighted by Gasteiger charge is -2.27. The first-order chi connectivity index (χ1) is 10.9. The lowest BCUT2D eigenvalue weighted by molar-refractivity contribution is 0.176. The summed E-state index contributed by atoms with van der Waals surface area (Å²) in [6.07, 6.45) is 3.50. The van der Waals surface area contributed by atoms with E-state index >= 15 is 0 Å². The summed E-state index contributed by atoms with van der Waals surface area (Å²) in [5.41, 5.74) is 0. The second kappa shape index (κ2) is 13.5. The number of nitrogens with zero attached hydrogens (tertiary/aromatic N) is 1. The van der Waals surface area contributed by atoms with Crippen LogP contribution in [0.1, 0.15) is 27.7 Å². The molecule has 1 aromatic heterocycles. The Hall–Kier alpha value is 0.250. The molecule has 0 spiro atoms. The molecule has 0 aliphatic carbocycles. The van der Waals surface area contributed by atoms with Gasteiger partial charge in [-0.15, -0.1) is 0 Å². The molecule has 0 unspecified atom stereocenters. The molecular formula is C13H25NO5P2S2. The van der Waals surface area contributed by atoms with Crippen LogP contribution in [0.25, 0.3) is 0 Å². The summed E-state index contributed by atoms with van der Waals surface area (Å²) in [6, 6.07) is 5.72. The molecule has 0 saturated carbocycles. The van der Waals surface area contributed by atoms with Gasteiger partial charge < -0.3 is 18.1 Å². The van der Waals surface area contributed by atoms with Gasteiger partial charge in [-0.05, 0) is 63.4 Å². The fourth-order valence-electron chi connectivity index (χ4n) is 1.24. The molecular weight excluding hydrogens is 376 g/mol. The van der Waals surface area contributed by atoms with Crippen LogP contribution in [-0.2, 0) is 46.0 Å². The van der Waals surface area contributed by atoms with Crippen LogP contribution in [0.2, 0.25) is 0 Å². The van der Waals surface area contributed by atoms with Crippen LogP contribution in [0.15, 0.2) is 30.6 Å². The number of pyridine rings is 1. The van der Waals surface area contributed by atoms with Gasteiger partial charge in [-0.25, -0.2) is 4.31 Å². The third-order valence-electron chi connectivity index (χ3n) is 1.92. The monoisotopic (exact) mass is 401 g/mol. The van der Waals surface area contributed by atoms with Crippen LogP contribution < -0.4 is 0 Å². The van der Waals surface area contributed by atoms with E-state index < -0.39 is 13.4 Å². The van der Waals surface area contributed by atoms with Gasteiger partial charge in [0.15, 0.2) is 0 Å². The number of hydrogen-bond acceptors (Lipinski definition) is 8. The molecule has 0 N–H and O–H groups in total. The highest BCUT2D eigenvalue weighted by atomic mass is 32.5. The zero-order chi connectivity index (χ0) is 17.6. The van der Waals surface area contributed by atoms with Crippen molar-refractivity contribution in [3.8, 4) is 0 Å². The first-order valence-corrected chi connectivity index (χ1v) is 12.4. The quantitative estimate of drug-likeness (QED) is 0.524. The van der Waals surface area contributed by atoms with Crippen LogP contribution in [-0.4, -0.2) is 31.4 Å². The lowest BCUT2D eigenvalue weighted by atomic mass is 10.5. The lowest BCUT2D eigenvalue weighted by Crippen LogP contribution is -2.03. The zero-order valence-electron chi connectivity index (χ0n) is 13.9. The van der Waals surface area contributed by atoms with Crippen LogP contribution in [0.3, 0.4) is 0 Å². The van der Waals surface area contributed by atoms with E-state index in [1.165, 1.54) is 0 Å². The second-order valence-corrected chi connectivity index (χ2v) is 9.83. The Bertz CT molecular complexity index is 418. The molecule has 0 bridgehead atoms. The molecule has 134 valence electrons. The largest absolute Gasteiger partial charge is 0.334 e. The Balaban J connectivity index is 0.000000664. The molecule has 10 heteroatoms. The maximum absolute atomic E-state index is 5.55. The van der Waals surface area contributed by atoms with Gasteiger partial charge in [0, 0.05) is 12.4 Å². The highest BCUT2D eigenvalue weighted by molar-refractivity contribution is 8.14. The number of hydrogen-bond donors (Lipinski definition) is 0. The summed E-state index contributed by atoms with van der Waals surface area (Å²) in [7, 11) is 0. The maximum Gasteiger partial charge on any atom is 0.334 e. The summed E-state index contributed by atoms with van der Waals surface area (Å²) in [4.78, 5) is 3.78. The average Bonchev–Trinajstić information content (AvgIpc) is 2.50. The normalized spacial score (nSPS) is 11.7. The molecule has 1 heterocycles. The third-order valence-corrected chi connectivity index (χ3v) is 8.28. The van der Waals surface area contributed by atoms with E-state index in [1.807, 2.05) is 45.9 Å². The van der Waals surface area contributed by atoms with Gasteiger partial charge >= 0.3 is 13.4 Å². The minimum Gasteiger partial charge on any atom is -0.309 e. The first-order valence-electron chi connectivity index (χ1n) is 7.29. The van der Waals surface area contributed by atoms with Crippen molar-refractivity contribution in [3.05, 3.63) is 30.6 Å². The third kappa shape index (κ3) is 11.4. The van der Waals surface area contributed by atoms with Crippen molar-refractivity contribution in [1.29, 1.82) is 0 Å². The van der Waals surface area contributed by atoms with Gasteiger partial charge in [0.05, 0.1) is 26.4 Å². The Morgan fingerprint density at radius 1 is 0.696 bits per heavy atom. The van der Waals surface area contributed by atoms with Crippen molar-refractivity contribution in [3.63, 3.8) is 0 Å². The fourth-order valence-corrected chi connectivity index (χ4v) is 7.61. The maximum atomic E-state index is 5.55. The van der Waals surface area contributed by atoms with Crippen molar-refractivity contribution in [2.75, 3.05) is 26.4 Å². The van der Waals surface area contributed by atoms with Gasteiger partial charge in [0.2, 0.25) is 0 Å². The zero-order valence-corrected chi connectivity index (χ0v) is 17.3. The van der Waals surface area contributed by atoms with Gasteiger partial charge in [-0.3, -0.25) is 4.98 Å². The van der Waals surface area contributed by atoms with Gasteiger partial charge in [-0.1, -0.05) is 6.07 Å². The summed E-state index contributed by atoms with van der Waals surface area (Å²) in [6.45, 7) is 3.09. The van der Waals surface area contributed by atoms with Crippen molar-refractivity contribution in [1.82, 2.24) is 4.98 Å². The van der Waals surface area contributed by atoms with E-state index in [0.717, 1.165) is 0 Å². The summed E-state index contributed by atoms with van der Waals surface area (Å²) in [5.74, 6) is 0. The molecule has 0 aliphatic rings. The summed E-state index contributed by atoms with van der Waals surface area (Å²) < 4.78 is 26.9. The summed E-state index contributed by atoms with van der Waals surface area (Å²) >= 11 is 10.4. The Morgan fingerprint density at radius 2 is 1.04 bits per heavy atom. The number of aromatic nitrogens is 1. The van der Waals surface area contributed by atoms with Gasteiger partial charge in [0.1, 0.15) is 0 Å². The van der Waals surface area contributed by atoms with E-state index in [2.05, 4.69) is 4.98 Å². The molecule has 0 radical (unpaired) electrons. The van der Waals surface area contributed by atoms with Gasteiger partial charge in [0.25, 0.3) is 0 Å². The molecule has 1 rings (SSSR count). The molecule has 1 aromatic rings. The molecule has 0 aliphatic heterocycles. The minimum absolute atomic E-state index is 0.394. The molecule has 0 saturated heterocycles. The Morgan fingerprint density at radius 3 is 1.22 bits per heavy atom. The molecule has 6 nitrogen and oxygen atoms in total. The van der Waals surface area contributed by atoms with E-state index in [1.54, 1.807) is 12.4 Å². The van der Waals surface area contributed by atoms with Crippen LogP contribution >= 0.6 is 13.4 Å². The second-order valence-electron chi connectivity index (χ2n) is 3.67. The molecule has 0 atom stereocenters. The SMILES string of the molecule is CCOP(=S)(OCC)OP(=S)(OCC)OCC.c1ccncc1. The van der Waals surface area contributed by atoms with Crippen molar-refractivity contribution in [2.24, 2.45) is 0 Å². The molecule has 0 aromatic carbocycles. The van der Waals surface area contributed by atoms with E-state index in [0.29, 0.717) is 26.4 Å². The smallest absolute Gasteiger partial charge is 0.309 e. The van der Waals surface area contributed by atoms with Crippen molar-refractivity contribution < 1.29 is 22.4 Å². The van der Waals surface area contributed by atoms with Crippen LogP contribution in [0.4, 0.5) is 0 Å². The van der Waals surface area contributed by atoms with Crippen LogP contribution in [0.5, 0.6) is 0 Å².